The first kappa shape index (κ1) is 19.8. The van der Waals surface area contributed by atoms with Crippen LogP contribution in [0, 0.1) is 0 Å². The van der Waals surface area contributed by atoms with Gasteiger partial charge in [0.05, 0.1) is 27.3 Å². The number of furan rings is 1. The topological polar surface area (TPSA) is 85.6 Å². The van der Waals surface area contributed by atoms with Gasteiger partial charge in [-0.3, -0.25) is 9.00 Å². The molecule has 0 unspecified atom stereocenters. The van der Waals surface area contributed by atoms with Crippen LogP contribution in [0.2, 0.25) is 0 Å². The number of carbonyl (C=O) groups excluding carboxylic acids is 2. The zero-order valence-electron chi connectivity index (χ0n) is 15.6. The predicted octanol–water partition coefficient (Wildman–Crippen LogP) is 3.59. The van der Waals surface area contributed by atoms with Gasteiger partial charge in [-0.25, -0.2) is 4.79 Å². The standard InChI is InChI=1S/C21H21NO5S/c1-3-28(25)19-11-7-5-9-16(19)21(24)26-13-20(23)22-14(2)18-12-15-8-4-6-10-17(15)27-18/h4-12,14H,3,13H2,1-2H3,(H,22,23)/t14-,28+/m1/s1. The zero-order valence-corrected chi connectivity index (χ0v) is 16.5. The van der Waals surface area contributed by atoms with Gasteiger partial charge in [0.15, 0.2) is 6.61 Å². The highest BCUT2D eigenvalue weighted by atomic mass is 32.2. The maximum Gasteiger partial charge on any atom is 0.339 e. The summed E-state index contributed by atoms with van der Waals surface area (Å²) < 4.78 is 22.9. The lowest BCUT2D eigenvalue weighted by Crippen LogP contribution is -2.31. The fourth-order valence-corrected chi connectivity index (χ4v) is 3.71. The van der Waals surface area contributed by atoms with E-state index >= 15 is 0 Å². The molecular formula is C21H21NO5S. The minimum Gasteiger partial charge on any atom is -0.459 e. The van der Waals surface area contributed by atoms with Gasteiger partial charge >= 0.3 is 5.97 Å². The van der Waals surface area contributed by atoms with Gasteiger partial charge in [0.2, 0.25) is 0 Å². The molecule has 3 aromatic rings. The summed E-state index contributed by atoms with van der Waals surface area (Å²) in [6, 6.07) is 15.6. The molecule has 0 saturated carbocycles. The smallest absolute Gasteiger partial charge is 0.339 e. The molecular weight excluding hydrogens is 378 g/mol. The highest BCUT2D eigenvalue weighted by Crippen LogP contribution is 2.23. The molecule has 0 aliphatic heterocycles. The largest absolute Gasteiger partial charge is 0.459 e. The molecule has 28 heavy (non-hydrogen) atoms. The predicted molar refractivity (Wildman–Crippen MR) is 106 cm³/mol. The molecule has 1 aromatic heterocycles. The normalized spacial score (nSPS) is 13.1. The van der Waals surface area contributed by atoms with Crippen LogP contribution < -0.4 is 5.32 Å². The van der Waals surface area contributed by atoms with Crippen molar-refractivity contribution in [3.63, 3.8) is 0 Å². The van der Waals surface area contributed by atoms with Gasteiger partial charge in [0.1, 0.15) is 11.3 Å². The van der Waals surface area contributed by atoms with Crippen molar-refractivity contribution < 1.29 is 23.0 Å². The van der Waals surface area contributed by atoms with E-state index in [-0.39, 0.29) is 11.6 Å². The summed E-state index contributed by atoms with van der Waals surface area (Å²) in [6.07, 6.45) is 0. The van der Waals surface area contributed by atoms with E-state index in [0.717, 1.165) is 11.0 Å². The van der Waals surface area contributed by atoms with Crippen LogP contribution in [-0.4, -0.2) is 28.4 Å². The minimum absolute atomic E-state index is 0.209. The van der Waals surface area contributed by atoms with E-state index in [2.05, 4.69) is 5.32 Å². The molecule has 0 bridgehead atoms. The third-order valence-electron chi connectivity index (χ3n) is 4.20. The average Bonchev–Trinajstić information content (AvgIpc) is 3.16. The Labute approximate surface area is 165 Å². The third-order valence-corrected chi connectivity index (χ3v) is 5.57. The maximum absolute atomic E-state index is 12.3. The summed E-state index contributed by atoms with van der Waals surface area (Å²) in [6.45, 7) is 3.12. The van der Waals surface area contributed by atoms with Crippen LogP contribution in [-0.2, 0) is 20.3 Å². The Morgan fingerprint density at radius 2 is 1.86 bits per heavy atom. The van der Waals surface area contributed by atoms with E-state index in [9.17, 15) is 13.8 Å². The number of benzene rings is 2. The van der Waals surface area contributed by atoms with Crippen molar-refractivity contribution in [2.24, 2.45) is 0 Å². The molecule has 1 N–H and O–H groups in total. The van der Waals surface area contributed by atoms with Crippen molar-refractivity contribution in [2.45, 2.75) is 24.8 Å². The second-order valence-electron chi connectivity index (χ2n) is 6.18. The summed E-state index contributed by atoms with van der Waals surface area (Å²) >= 11 is 0. The third kappa shape index (κ3) is 4.48. The number of carbonyl (C=O) groups is 2. The summed E-state index contributed by atoms with van der Waals surface area (Å²) in [5.41, 5.74) is 0.950. The summed E-state index contributed by atoms with van der Waals surface area (Å²) in [4.78, 5) is 24.9. The number of hydrogen-bond donors (Lipinski definition) is 1. The fraction of sp³-hybridized carbons (Fsp3) is 0.238. The van der Waals surface area contributed by atoms with E-state index in [1.807, 2.05) is 30.3 Å². The van der Waals surface area contributed by atoms with Gasteiger partial charge in [-0.15, -0.1) is 0 Å². The molecule has 0 spiro atoms. The van der Waals surface area contributed by atoms with Crippen molar-refractivity contribution in [2.75, 3.05) is 12.4 Å². The molecule has 146 valence electrons. The van der Waals surface area contributed by atoms with E-state index in [1.54, 1.807) is 38.1 Å². The Kier molecular flexibility index (Phi) is 6.26. The number of esters is 1. The lowest BCUT2D eigenvalue weighted by molar-refractivity contribution is -0.125. The van der Waals surface area contributed by atoms with Gasteiger partial charge in [-0.1, -0.05) is 37.3 Å². The van der Waals surface area contributed by atoms with Gasteiger partial charge in [-0.2, -0.15) is 0 Å². The Morgan fingerprint density at radius 3 is 2.61 bits per heavy atom. The molecule has 7 heteroatoms. The van der Waals surface area contributed by atoms with Gasteiger partial charge < -0.3 is 14.5 Å². The molecule has 6 nitrogen and oxygen atoms in total. The molecule has 0 aliphatic carbocycles. The summed E-state index contributed by atoms with van der Waals surface area (Å²) in [7, 11) is -1.29. The first-order valence-electron chi connectivity index (χ1n) is 8.92. The molecule has 0 aliphatic rings. The summed E-state index contributed by atoms with van der Waals surface area (Å²) in [5.74, 6) is -0.122. The van der Waals surface area contributed by atoms with Crippen molar-refractivity contribution in [1.82, 2.24) is 5.32 Å². The number of hydrogen-bond acceptors (Lipinski definition) is 5. The number of rotatable bonds is 7. The van der Waals surface area contributed by atoms with Crippen LogP contribution >= 0.6 is 0 Å². The molecule has 1 heterocycles. The van der Waals surface area contributed by atoms with Crippen LogP contribution in [0.3, 0.4) is 0 Å². The first-order chi connectivity index (χ1) is 13.5. The lowest BCUT2D eigenvalue weighted by atomic mass is 10.2. The quantitative estimate of drug-likeness (QED) is 0.614. The van der Waals surface area contributed by atoms with E-state index in [4.69, 9.17) is 9.15 Å². The van der Waals surface area contributed by atoms with Crippen molar-refractivity contribution >= 4 is 33.6 Å². The first-order valence-corrected chi connectivity index (χ1v) is 10.2. The van der Waals surface area contributed by atoms with Crippen molar-refractivity contribution in [3.8, 4) is 0 Å². The number of amides is 1. The van der Waals surface area contributed by atoms with E-state index in [0.29, 0.717) is 16.4 Å². The Bertz CT molecular complexity index is 993. The molecule has 0 fully saturated rings. The van der Waals surface area contributed by atoms with Gasteiger partial charge in [-0.05, 0) is 31.2 Å². The maximum atomic E-state index is 12.3. The average molecular weight is 399 g/mol. The number of fused-ring (bicyclic) bond motifs is 1. The van der Waals surface area contributed by atoms with E-state index in [1.165, 1.54) is 0 Å². The fourth-order valence-electron chi connectivity index (χ4n) is 2.77. The molecule has 0 saturated heterocycles. The Morgan fingerprint density at radius 1 is 1.14 bits per heavy atom. The van der Waals surface area contributed by atoms with Crippen molar-refractivity contribution in [3.05, 3.63) is 65.9 Å². The van der Waals surface area contributed by atoms with Gasteiger partial charge in [0, 0.05) is 11.1 Å². The van der Waals surface area contributed by atoms with E-state index < -0.39 is 29.3 Å². The Hall–Kier alpha value is -2.93. The van der Waals surface area contributed by atoms with Crippen LogP contribution in [0.15, 0.2) is 63.9 Å². The van der Waals surface area contributed by atoms with Crippen LogP contribution in [0.25, 0.3) is 11.0 Å². The highest BCUT2D eigenvalue weighted by molar-refractivity contribution is 7.85. The van der Waals surface area contributed by atoms with Crippen molar-refractivity contribution in [1.29, 1.82) is 0 Å². The Balaban J connectivity index is 1.59. The van der Waals surface area contributed by atoms with Crippen LogP contribution in [0.4, 0.5) is 0 Å². The van der Waals surface area contributed by atoms with Crippen LogP contribution in [0.1, 0.15) is 36.0 Å². The number of ether oxygens (including phenoxy) is 1. The zero-order chi connectivity index (χ0) is 20.1. The molecule has 0 radical (unpaired) electrons. The molecule has 1 amide bonds. The second-order valence-corrected chi connectivity index (χ2v) is 7.89. The SMILES string of the molecule is CC[S@](=O)c1ccccc1C(=O)OCC(=O)N[C@H](C)c1cc2ccccc2o1. The lowest BCUT2D eigenvalue weighted by Gasteiger charge is -2.12. The monoisotopic (exact) mass is 399 g/mol. The highest BCUT2D eigenvalue weighted by Gasteiger charge is 2.19. The summed E-state index contributed by atoms with van der Waals surface area (Å²) in [5, 5.41) is 3.69. The second kappa shape index (κ2) is 8.84. The van der Waals surface area contributed by atoms with Gasteiger partial charge in [0.25, 0.3) is 5.91 Å². The number of nitrogens with one attached hydrogen (secondary N) is 1. The molecule has 2 atom stereocenters. The molecule has 2 aromatic carbocycles. The van der Waals surface area contributed by atoms with Crippen LogP contribution in [0.5, 0.6) is 0 Å². The molecule has 3 rings (SSSR count). The number of para-hydroxylation sites is 1. The minimum atomic E-state index is -1.29.